The van der Waals surface area contributed by atoms with Crippen molar-refractivity contribution in [2.75, 3.05) is 5.32 Å². The van der Waals surface area contributed by atoms with Crippen molar-refractivity contribution in [1.82, 2.24) is 4.98 Å². The summed E-state index contributed by atoms with van der Waals surface area (Å²) in [5, 5.41) is 4.15. The molecule has 1 aromatic heterocycles. The number of nitrogens with zero attached hydrogens (tertiary/aromatic N) is 1. The topological polar surface area (TPSA) is 42.0 Å². The van der Waals surface area contributed by atoms with E-state index < -0.39 is 0 Å². The van der Waals surface area contributed by atoms with Gasteiger partial charge in [-0.2, -0.15) is 0 Å². The van der Waals surface area contributed by atoms with Gasteiger partial charge in [-0.3, -0.25) is 9.78 Å². The minimum Gasteiger partial charge on any atom is -0.324 e. The molecule has 1 aliphatic rings. The third kappa shape index (κ3) is 2.67. The monoisotopic (exact) mass is 268 g/mol. The molecule has 0 spiro atoms. The van der Waals surface area contributed by atoms with Crippen LogP contribution >= 0.6 is 0 Å². The van der Waals surface area contributed by atoms with Crippen molar-refractivity contribution in [1.29, 1.82) is 0 Å². The van der Waals surface area contributed by atoms with Crippen LogP contribution in [0.5, 0.6) is 0 Å². The Hall–Kier alpha value is -1.90. The molecule has 20 heavy (non-hydrogen) atoms. The number of hydrogen-bond donors (Lipinski definition) is 1. The first-order chi connectivity index (χ1) is 9.74. The number of pyridine rings is 1. The molecule has 0 saturated heterocycles. The molecule has 1 fully saturated rings. The predicted molar refractivity (Wildman–Crippen MR) is 81.7 cm³/mol. The number of hydrogen-bond acceptors (Lipinski definition) is 2. The Kier molecular flexibility index (Phi) is 3.68. The highest BCUT2D eigenvalue weighted by Gasteiger charge is 2.21. The van der Waals surface area contributed by atoms with Gasteiger partial charge in [0.1, 0.15) is 0 Å². The third-order valence-corrected chi connectivity index (χ3v) is 4.09. The maximum atomic E-state index is 12.4. The van der Waals surface area contributed by atoms with Gasteiger partial charge in [-0.1, -0.05) is 37.5 Å². The number of carbonyl (C=O) groups is 1. The van der Waals surface area contributed by atoms with E-state index in [2.05, 4.69) is 10.3 Å². The minimum absolute atomic E-state index is 0.153. The smallest absolute Gasteiger partial charge is 0.227 e. The number of carbonyl (C=O) groups excluding carboxylic acids is 1. The highest BCUT2D eigenvalue weighted by molar-refractivity contribution is 6.01. The van der Waals surface area contributed by atoms with Gasteiger partial charge in [0.25, 0.3) is 0 Å². The number of nitrogens with one attached hydrogen (secondary N) is 1. The first-order valence-electron chi connectivity index (χ1n) is 7.41. The third-order valence-electron chi connectivity index (χ3n) is 4.09. The number of rotatable bonds is 2. The summed E-state index contributed by atoms with van der Waals surface area (Å²) >= 11 is 0. The Morgan fingerprint density at radius 1 is 1.15 bits per heavy atom. The van der Waals surface area contributed by atoms with Gasteiger partial charge in [0.2, 0.25) is 5.91 Å². The SMILES string of the molecule is Cc1ccc2cccc(NC(=O)C3CCCCC3)c2n1. The van der Waals surface area contributed by atoms with Gasteiger partial charge in [0.05, 0.1) is 11.2 Å². The molecule has 1 N–H and O–H groups in total. The lowest BCUT2D eigenvalue weighted by molar-refractivity contribution is -0.120. The van der Waals surface area contributed by atoms with E-state index >= 15 is 0 Å². The van der Waals surface area contributed by atoms with Gasteiger partial charge < -0.3 is 5.32 Å². The zero-order valence-corrected chi connectivity index (χ0v) is 11.9. The summed E-state index contributed by atoms with van der Waals surface area (Å²) in [6, 6.07) is 9.98. The van der Waals surface area contributed by atoms with Crippen LogP contribution in [0.25, 0.3) is 10.9 Å². The summed E-state index contributed by atoms with van der Waals surface area (Å²) < 4.78 is 0. The molecule has 0 aliphatic heterocycles. The molecule has 1 aromatic carbocycles. The largest absolute Gasteiger partial charge is 0.324 e. The highest BCUT2D eigenvalue weighted by atomic mass is 16.1. The van der Waals surface area contributed by atoms with Crippen LogP contribution < -0.4 is 5.32 Å². The van der Waals surface area contributed by atoms with Crippen LogP contribution in [0.4, 0.5) is 5.69 Å². The number of anilines is 1. The van der Waals surface area contributed by atoms with Crippen molar-refractivity contribution in [2.45, 2.75) is 39.0 Å². The highest BCUT2D eigenvalue weighted by Crippen LogP contribution is 2.27. The molecule has 2 aromatic rings. The molecule has 3 rings (SSSR count). The zero-order valence-electron chi connectivity index (χ0n) is 11.9. The first-order valence-corrected chi connectivity index (χ1v) is 7.41. The van der Waals surface area contributed by atoms with E-state index in [1.807, 2.05) is 37.3 Å². The molecule has 0 unspecified atom stereocenters. The fraction of sp³-hybridized carbons (Fsp3) is 0.412. The van der Waals surface area contributed by atoms with Crippen LogP contribution in [0.1, 0.15) is 37.8 Å². The lowest BCUT2D eigenvalue weighted by Gasteiger charge is -2.21. The van der Waals surface area contributed by atoms with Crippen molar-refractivity contribution in [3.63, 3.8) is 0 Å². The standard InChI is InChI=1S/C17H20N2O/c1-12-10-11-13-8-5-9-15(16(13)18-12)19-17(20)14-6-3-2-4-7-14/h5,8-11,14H,2-4,6-7H2,1H3,(H,19,20). The molecular formula is C17H20N2O. The Bertz CT molecular complexity index is 630. The average Bonchev–Trinajstić information content (AvgIpc) is 2.49. The second-order valence-corrected chi connectivity index (χ2v) is 5.65. The van der Waals surface area contributed by atoms with Gasteiger partial charge in [-0.05, 0) is 31.9 Å². The number of amides is 1. The number of benzene rings is 1. The van der Waals surface area contributed by atoms with Crippen LogP contribution in [0.3, 0.4) is 0 Å². The van der Waals surface area contributed by atoms with Crippen LogP contribution in [0.15, 0.2) is 30.3 Å². The van der Waals surface area contributed by atoms with Gasteiger partial charge >= 0.3 is 0 Å². The maximum absolute atomic E-state index is 12.4. The Morgan fingerprint density at radius 2 is 1.95 bits per heavy atom. The van der Waals surface area contributed by atoms with E-state index in [1.165, 1.54) is 19.3 Å². The second-order valence-electron chi connectivity index (χ2n) is 5.65. The van der Waals surface area contributed by atoms with Crippen molar-refractivity contribution in [3.8, 4) is 0 Å². The van der Waals surface area contributed by atoms with Gasteiger partial charge in [0.15, 0.2) is 0 Å². The summed E-state index contributed by atoms with van der Waals surface area (Å²) in [7, 11) is 0. The minimum atomic E-state index is 0.153. The van der Waals surface area contributed by atoms with Gasteiger partial charge in [0, 0.05) is 17.0 Å². The molecule has 0 bridgehead atoms. The number of fused-ring (bicyclic) bond motifs is 1. The van der Waals surface area contributed by atoms with E-state index in [1.54, 1.807) is 0 Å². The van der Waals surface area contributed by atoms with Crippen LogP contribution in [-0.4, -0.2) is 10.9 Å². The number of aromatic nitrogens is 1. The summed E-state index contributed by atoms with van der Waals surface area (Å²) in [5.74, 6) is 0.323. The average molecular weight is 268 g/mol. The molecular weight excluding hydrogens is 248 g/mol. The molecule has 1 heterocycles. The van der Waals surface area contributed by atoms with Crippen LogP contribution in [-0.2, 0) is 4.79 Å². The molecule has 104 valence electrons. The Balaban J connectivity index is 1.86. The molecule has 0 atom stereocenters. The van der Waals surface area contributed by atoms with E-state index in [9.17, 15) is 4.79 Å². The Labute approximate surface area is 119 Å². The molecule has 3 nitrogen and oxygen atoms in total. The fourth-order valence-corrected chi connectivity index (χ4v) is 2.95. The quantitative estimate of drug-likeness (QED) is 0.892. The van der Waals surface area contributed by atoms with Crippen LogP contribution in [0, 0.1) is 12.8 Å². The molecule has 1 amide bonds. The lowest BCUT2D eigenvalue weighted by Crippen LogP contribution is -2.24. The van der Waals surface area contributed by atoms with Crippen molar-refractivity contribution in [2.24, 2.45) is 5.92 Å². The normalized spacial score (nSPS) is 16.2. The van der Waals surface area contributed by atoms with Crippen LogP contribution in [0.2, 0.25) is 0 Å². The van der Waals surface area contributed by atoms with E-state index in [-0.39, 0.29) is 11.8 Å². The molecule has 1 aliphatic carbocycles. The molecule has 3 heteroatoms. The summed E-state index contributed by atoms with van der Waals surface area (Å²) in [6.45, 7) is 1.97. The maximum Gasteiger partial charge on any atom is 0.227 e. The van der Waals surface area contributed by atoms with Gasteiger partial charge in [-0.25, -0.2) is 0 Å². The van der Waals surface area contributed by atoms with E-state index in [0.717, 1.165) is 35.1 Å². The number of aryl methyl sites for hydroxylation is 1. The molecule has 1 saturated carbocycles. The summed E-state index contributed by atoms with van der Waals surface area (Å²) in [4.78, 5) is 16.9. The Morgan fingerprint density at radius 3 is 2.75 bits per heavy atom. The zero-order chi connectivity index (χ0) is 13.9. The first kappa shape index (κ1) is 13.1. The predicted octanol–water partition coefficient (Wildman–Crippen LogP) is 4.06. The van der Waals surface area contributed by atoms with Crippen molar-refractivity contribution >= 4 is 22.5 Å². The van der Waals surface area contributed by atoms with Gasteiger partial charge in [-0.15, -0.1) is 0 Å². The second kappa shape index (κ2) is 5.61. The summed E-state index contributed by atoms with van der Waals surface area (Å²) in [5.41, 5.74) is 2.69. The lowest BCUT2D eigenvalue weighted by atomic mass is 9.88. The fourth-order valence-electron chi connectivity index (χ4n) is 2.95. The van der Waals surface area contributed by atoms with E-state index in [4.69, 9.17) is 0 Å². The summed E-state index contributed by atoms with van der Waals surface area (Å²) in [6.07, 6.45) is 5.64. The number of para-hydroxylation sites is 1. The van der Waals surface area contributed by atoms with Crippen molar-refractivity contribution < 1.29 is 4.79 Å². The van der Waals surface area contributed by atoms with E-state index in [0.29, 0.717) is 0 Å². The molecule has 0 radical (unpaired) electrons. The van der Waals surface area contributed by atoms with Crippen molar-refractivity contribution in [3.05, 3.63) is 36.0 Å².